The topological polar surface area (TPSA) is 71.0 Å². The van der Waals surface area contributed by atoms with Gasteiger partial charge in [-0.25, -0.2) is 0 Å². The molecular weight excluding hydrogens is 214 g/mol. The lowest BCUT2D eigenvalue weighted by Gasteiger charge is -2.34. The Labute approximate surface area is 103 Å². The maximum atomic E-state index is 9.59. The third kappa shape index (κ3) is 4.73. The van der Waals surface area contributed by atoms with Crippen LogP contribution in [-0.2, 0) is 0 Å². The monoisotopic (exact) mass is 235 g/mol. The second kappa shape index (κ2) is 7.27. The number of nitriles is 2. The minimum absolute atomic E-state index is 0.0533. The van der Waals surface area contributed by atoms with E-state index in [9.17, 15) is 5.11 Å². The lowest BCUT2D eigenvalue weighted by Crippen LogP contribution is -2.41. The molecule has 1 fully saturated rings. The van der Waals surface area contributed by atoms with Gasteiger partial charge >= 0.3 is 0 Å². The van der Waals surface area contributed by atoms with E-state index >= 15 is 0 Å². The Bertz CT molecular complexity index is 303. The summed E-state index contributed by atoms with van der Waals surface area (Å²) in [5, 5.41) is 27.1. The van der Waals surface area contributed by atoms with Gasteiger partial charge in [-0.05, 0) is 38.6 Å². The molecule has 94 valence electrons. The maximum absolute atomic E-state index is 9.59. The van der Waals surface area contributed by atoms with E-state index in [0.717, 1.165) is 32.5 Å². The predicted molar refractivity (Wildman–Crippen MR) is 64.8 cm³/mol. The van der Waals surface area contributed by atoms with Crippen molar-refractivity contribution in [3.05, 3.63) is 0 Å². The van der Waals surface area contributed by atoms with Crippen LogP contribution in [-0.4, -0.2) is 35.7 Å². The number of piperidine rings is 1. The Morgan fingerprint density at radius 1 is 1.47 bits per heavy atom. The highest BCUT2D eigenvalue weighted by Crippen LogP contribution is 2.21. The molecule has 0 spiro atoms. The minimum Gasteiger partial charge on any atom is -0.393 e. The van der Waals surface area contributed by atoms with Crippen LogP contribution in [0.1, 0.15) is 32.6 Å². The van der Waals surface area contributed by atoms with E-state index in [2.05, 4.69) is 17.0 Å². The first-order valence-corrected chi connectivity index (χ1v) is 6.34. The van der Waals surface area contributed by atoms with E-state index in [4.69, 9.17) is 10.5 Å². The van der Waals surface area contributed by atoms with Gasteiger partial charge in [0.05, 0.1) is 24.2 Å². The van der Waals surface area contributed by atoms with Crippen molar-refractivity contribution in [1.82, 2.24) is 4.90 Å². The van der Waals surface area contributed by atoms with Crippen LogP contribution in [0.4, 0.5) is 0 Å². The summed E-state index contributed by atoms with van der Waals surface area (Å²) in [7, 11) is 0. The zero-order valence-electron chi connectivity index (χ0n) is 10.5. The van der Waals surface area contributed by atoms with Crippen LogP contribution in [0.25, 0.3) is 0 Å². The van der Waals surface area contributed by atoms with Gasteiger partial charge in [0.1, 0.15) is 0 Å². The first-order valence-electron chi connectivity index (χ1n) is 6.34. The highest BCUT2D eigenvalue weighted by atomic mass is 16.3. The summed E-state index contributed by atoms with van der Waals surface area (Å²) < 4.78 is 0. The van der Waals surface area contributed by atoms with Crippen LogP contribution in [0.5, 0.6) is 0 Å². The molecule has 0 bridgehead atoms. The number of likely N-dealkylation sites (tertiary alicyclic amines) is 1. The summed E-state index contributed by atoms with van der Waals surface area (Å²) in [6.07, 6.45) is 3.00. The van der Waals surface area contributed by atoms with Crippen LogP contribution in [0.3, 0.4) is 0 Å². The molecule has 1 aliphatic heterocycles. The molecule has 1 N–H and O–H groups in total. The third-order valence-electron chi connectivity index (χ3n) is 3.49. The molecule has 1 aliphatic rings. The second-order valence-electron chi connectivity index (χ2n) is 4.93. The smallest absolute Gasteiger partial charge is 0.0669 e. The van der Waals surface area contributed by atoms with Crippen molar-refractivity contribution in [3.63, 3.8) is 0 Å². The highest BCUT2D eigenvalue weighted by molar-refractivity contribution is 4.89. The molecule has 1 rings (SSSR count). The third-order valence-corrected chi connectivity index (χ3v) is 3.49. The van der Waals surface area contributed by atoms with Gasteiger partial charge in [-0.2, -0.15) is 10.5 Å². The lowest BCUT2D eigenvalue weighted by atomic mass is 9.92. The van der Waals surface area contributed by atoms with Crippen molar-refractivity contribution in [1.29, 1.82) is 10.5 Å². The number of aliphatic hydroxyl groups excluding tert-OH is 1. The largest absolute Gasteiger partial charge is 0.393 e. The first kappa shape index (κ1) is 14.0. The van der Waals surface area contributed by atoms with Crippen molar-refractivity contribution in [2.24, 2.45) is 11.8 Å². The van der Waals surface area contributed by atoms with Gasteiger partial charge in [0.15, 0.2) is 0 Å². The van der Waals surface area contributed by atoms with Crippen molar-refractivity contribution >= 4 is 0 Å². The fraction of sp³-hybridized carbons (Fsp3) is 0.846. The van der Waals surface area contributed by atoms with Crippen LogP contribution in [0.15, 0.2) is 0 Å². The average Bonchev–Trinajstić information content (AvgIpc) is 2.34. The van der Waals surface area contributed by atoms with Crippen LogP contribution < -0.4 is 0 Å². The number of aliphatic hydroxyl groups is 1. The zero-order valence-corrected chi connectivity index (χ0v) is 10.5. The molecule has 0 radical (unpaired) electrons. The molecule has 4 heteroatoms. The van der Waals surface area contributed by atoms with Gasteiger partial charge < -0.3 is 10.0 Å². The summed E-state index contributed by atoms with van der Waals surface area (Å²) in [5.41, 5.74) is 0. The zero-order chi connectivity index (χ0) is 12.7. The van der Waals surface area contributed by atoms with Crippen LogP contribution in [0, 0.1) is 34.5 Å². The molecule has 0 saturated carbocycles. The van der Waals surface area contributed by atoms with Gasteiger partial charge in [-0.3, -0.25) is 0 Å². The second-order valence-corrected chi connectivity index (χ2v) is 4.93. The highest BCUT2D eigenvalue weighted by Gasteiger charge is 2.24. The minimum atomic E-state index is -0.266. The van der Waals surface area contributed by atoms with E-state index in [-0.39, 0.29) is 12.0 Å². The quantitative estimate of drug-likeness (QED) is 0.784. The summed E-state index contributed by atoms with van der Waals surface area (Å²) in [6.45, 7) is 4.46. The Morgan fingerprint density at radius 3 is 2.82 bits per heavy atom. The fourth-order valence-corrected chi connectivity index (χ4v) is 2.40. The molecule has 1 saturated heterocycles. The van der Waals surface area contributed by atoms with E-state index in [1.54, 1.807) is 0 Å². The lowest BCUT2D eigenvalue weighted by molar-refractivity contribution is 0.0589. The summed E-state index contributed by atoms with van der Waals surface area (Å²) in [5.74, 6) is 0.279. The molecule has 0 amide bonds. The van der Waals surface area contributed by atoms with Crippen molar-refractivity contribution in [2.75, 3.05) is 19.6 Å². The summed E-state index contributed by atoms with van der Waals surface area (Å²) in [4.78, 5) is 2.26. The van der Waals surface area contributed by atoms with Gasteiger partial charge in [0, 0.05) is 19.5 Å². The van der Waals surface area contributed by atoms with Crippen LogP contribution >= 0.6 is 0 Å². The van der Waals surface area contributed by atoms with Crippen molar-refractivity contribution in [3.8, 4) is 12.1 Å². The average molecular weight is 235 g/mol. The number of nitrogens with zero attached hydrogens (tertiary/aromatic N) is 3. The molecule has 0 aliphatic carbocycles. The molecule has 4 nitrogen and oxygen atoms in total. The van der Waals surface area contributed by atoms with Crippen LogP contribution in [0.2, 0.25) is 0 Å². The number of hydrogen-bond acceptors (Lipinski definition) is 4. The maximum Gasteiger partial charge on any atom is 0.0669 e. The first-order chi connectivity index (χ1) is 8.17. The number of hydrogen-bond donors (Lipinski definition) is 1. The van der Waals surface area contributed by atoms with Crippen molar-refractivity contribution < 1.29 is 5.11 Å². The molecule has 0 aromatic rings. The summed E-state index contributed by atoms with van der Waals surface area (Å²) >= 11 is 0. The summed E-state index contributed by atoms with van der Waals surface area (Å²) in [6, 6.07) is 4.36. The molecule has 3 atom stereocenters. The fourth-order valence-electron chi connectivity index (χ4n) is 2.40. The SMILES string of the molecule is C[C@H](O)[C@@H]1CCCN(C[C@H](C#N)CCC#N)C1. The van der Waals surface area contributed by atoms with E-state index in [1.807, 2.05) is 6.92 Å². The van der Waals surface area contributed by atoms with Gasteiger partial charge in [0.25, 0.3) is 0 Å². The van der Waals surface area contributed by atoms with Gasteiger partial charge in [0.2, 0.25) is 0 Å². The Morgan fingerprint density at radius 2 is 2.24 bits per heavy atom. The number of rotatable bonds is 5. The Hall–Kier alpha value is -1.10. The molecule has 0 unspecified atom stereocenters. The standard InChI is InChI=1S/C13H21N3O/c1-11(17)13-5-3-7-16(10-13)9-12(8-15)4-2-6-14/h11-13,17H,2-5,7,9-10H2,1H3/t11-,12-,13+/m0/s1. The van der Waals surface area contributed by atoms with Gasteiger partial charge in [-0.1, -0.05) is 0 Å². The van der Waals surface area contributed by atoms with Crippen molar-refractivity contribution in [2.45, 2.75) is 38.7 Å². The van der Waals surface area contributed by atoms with E-state index < -0.39 is 0 Å². The molecule has 1 heterocycles. The normalized spacial score (nSPS) is 24.6. The molecule has 0 aromatic heterocycles. The van der Waals surface area contributed by atoms with Gasteiger partial charge in [-0.15, -0.1) is 0 Å². The molecule has 17 heavy (non-hydrogen) atoms. The molecule has 0 aromatic carbocycles. The Kier molecular flexibility index (Phi) is 5.97. The van der Waals surface area contributed by atoms with E-state index in [1.165, 1.54) is 0 Å². The molecular formula is C13H21N3O. The Balaban J connectivity index is 2.39. The van der Waals surface area contributed by atoms with E-state index in [0.29, 0.717) is 18.8 Å². The predicted octanol–water partition coefficient (Wildman–Crippen LogP) is 1.52.